The summed E-state index contributed by atoms with van der Waals surface area (Å²) < 4.78 is 11.2. The molecule has 1 rings (SSSR count). The summed E-state index contributed by atoms with van der Waals surface area (Å²) in [6.07, 6.45) is 5.51. The van der Waals surface area contributed by atoms with E-state index in [1.807, 2.05) is 13.0 Å². The predicted molar refractivity (Wildman–Crippen MR) is 52.9 cm³/mol. The molecule has 2 nitrogen and oxygen atoms in total. The quantitative estimate of drug-likeness (QED) is 0.485. The zero-order chi connectivity index (χ0) is 8.86. The predicted octanol–water partition coefficient (Wildman–Crippen LogP) is 1.19. The van der Waals surface area contributed by atoms with Gasteiger partial charge in [-0.25, -0.2) is 0 Å². The lowest BCUT2D eigenvalue weighted by Crippen LogP contribution is -2.41. The van der Waals surface area contributed by atoms with E-state index in [0.29, 0.717) is 0 Å². The van der Waals surface area contributed by atoms with Crippen molar-refractivity contribution in [3.8, 4) is 0 Å². The lowest BCUT2D eigenvalue weighted by Gasteiger charge is -2.33. The first-order chi connectivity index (χ1) is 5.83. The largest absolute Gasteiger partial charge is 0.421 e. The third-order valence-electron chi connectivity index (χ3n) is 2.31. The fourth-order valence-electron chi connectivity index (χ4n) is 1.48. The van der Waals surface area contributed by atoms with Gasteiger partial charge in [-0.3, -0.25) is 0 Å². The van der Waals surface area contributed by atoms with Crippen LogP contribution in [-0.4, -0.2) is 28.2 Å². The topological polar surface area (TPSA) is 18.5 Å². The van der Waals surface area contributed by atoms with E-state index in [4.69, 9.17) is 9.16 Å². The summed E-state index contributed by atoms with van der Waals surface area (Å²) in [5, 5.41) is -0.0474. The number of hydrogen-bond acceptors (Lipinski definition) is 2. The fourth-order valence-corrected chi connectivity index (χ4v) is 2.77. The first-order valence-electron chi connectivity index (χ1n) is 4.68. The Labute approximate surface area is 76.9 Å². The first-order valence-corrected chi connectivity index (χ1v) is 5.97. The molecule has 1 atom stereocenters. The van der Waals surface area contributed by atoms with Gasteiger partial charge in [0.05, 0.1) is 5.22 Å². The van der Waals surface area contributed by atoms with E-state index in [2.05, 4.69) is 6.58 Å². The molecule has 1 saturated heterocycles. The molecule has 1 aliphatic rings. The van der Waals surface area contributed by atoms with Gasteiger partial charge < -0.3 is 9.16 Å². The second-order valence-electron chi connectivity index (χ2n) is 3.21. The van der Waals surface area contributed by atoms with Gasteiger partial charge in [-0.15, -0.1) is 6.58 Å². The van der Waals surface area contributed by atoms with Gasteiger partial charge >= 0.3 is 0 Å². The Morgan fingerprint density at radius 3 is 3.00 bits per heavy atom. The Kier molecular flexibility index (Phi) is 3.98. The Bertz CT molecular complexity index is 141. The molecule has 12 heavy (non-hydrogen) atoms. The lowest BCUT2D eigenvalue weighted by molar-refractivity contribution is 0.00348. The summed E-state index contributed by atoms with van der Waals surface area (Å²) in [6, 6.07) is 0. The van der Waals surface area contributed by atoms with Gasteiger partial charge in [0.25, 0.3) is 0 Å². The smallest absolute Gasteiger partial charge is 0.199 e. The van der Waals surface area contributed by atoms with Crippen molar-refractivity contribution in [2.24, 2.45) is 0 Å². The molecule has 1 aliphatic heterocycles. The maximum Gasteiger partial charge on any atom is 0.199 e. The van der Waals surface area contributed by atoms with Crippen LogP contribution in [0, 0.1) is 0 Å². The third-order valence-corrected chi connectivity index (χ3v) is 4.25. The van der Waals surface area contributed by atoms with Crippen molar-refractivity contribution in [1.29, 1.82) is 0 Å². The molecule has 3 heteroatoms. The van der Waals surface area contributed by atoms with Crippen molar-refractivity contribution >= 4 is 9.76 Å². The van der Waals surface area contributed by atoms with Crippen LogP contribution in [-0.2, 0) is 9.16 Å². The standard InChI is InChI=1S/C9H18O2Si/c1-3-9(12-11-4-2)7-5-6-8-10-9/h3H,1,4-8,12H2,2H3. The maximum atomic E-state index is 5.74. The second-order valence-corrected chi connectivity index (χ2v) is 5.11. The first kappa shape index (κ1) is 9.96. The van der Waals surface area contributed by atoms with E-state index in [1.54, 1.807) is 0 Å². The Morgan fingerprint density at radius 1 is 1.67 bits per heavy atom. The molecular formula is C9H18O2Si. The van der Waals surface area contributed by atoms with Crippen LogP contribution in [0.2, 0.25) is 0 Å². The molecule has 0 aromatic heterocycles. The van der Waals surface area contributed by atoms with Crippen molar-refractivity contribution in [2.75, 3.05) is 13.2 Å². The molecule has 0 aliphatic carbocycles. The van der Waals surface area contributed by atoms with Gasteiger partial charge in [0.15, 0.2) is 9.76 Å². The van der Waals surface area contributed by atoms with E-state index < -0.39 is 9.76 Å². The van der Waals surface area contributed by atoms with Crippen molar-refractivity contribution in [3.05, 3.63) is 12.7 Å². The van der Waals surface area contributed by atoms with Crippen LogP contribution in [0.4, 0.5) is 0 Å². The minimum Gasteiger partial charge on any atom is -0.421 e. The molecule has 0 aromatic rings. The third kappa shape index (κ3) is 2.44. The minimum absolute atomic E-state index is 0.0474. The summed E-state index contributed by atoms with van der Waals surface area (Å²) >= 11 is 0. The number of rotatable bonds is 4. The van der Waals surface area contributed by atoms with Crippen LogP contribution < -0.4 is 0 Å². The van der Waals surface area contributed by atoms with Gasteiger partial charge in [-0.2, -0.15) is 0 Å². The Hall–Kier alpha value is -0.123. The van der Waals surface area contributed by atoms with Crippen molar-refractivity contribution in [1.82, 2.24) is 0 Å². The highest BCUT2D eigenvalue weighted by molar-refractivity contribution is 6.32. The molecule has 1 unspecified atom stereocenters. The zero-order valence-electron chi connectivity index (χ0n) is 7.84. The monoisotopic (exact) mass is 186 g/mol. The zero-order valence-corrected chi connectivity index (χ0v) is 9.26. The van der Waals surface area contributed by atoms with E-state index in [1.165, 1.54) is 12.8 Å². The van der Waals surface area contributed by atoms with Gasteiger partial charge in [-0.1, -0.05) is 6.08 Å². The van der Waals surface area contributed by atoms with Crippen LogP contribution in [0.15, 0.2) is 12.7 Å². The van der Waals surface area contributed by atoms with Crippen LogP contribution in [0.1, 0.15) is 26.2 Å². The molecule has 0 saturated carbocycles. The van der Waals surface area contributed by atoms with Gasteiger partial charge in [0.1, 0.15) is 0 Å². The van der Waals surface area contributed by atoms with Gasteiger partial charge in [0, 0.05) is 13.2 Å². The van der Waals surface area contributed by atoms with Crippen LogP contribution >= 0.6 is 0 Å². The molecular weight excluding hydrogens is 168 g/mol. The average Bonchev–Trinajstić information content (AvgIpc) is 2.16. The molecule has 70 valence electrons. The highest BCUT2D eigenvalue weighted by atomic mass is 28.2. The van der Waals surface area contributed by atoms with E-state index in [-0.39, 0.29) is 5.22 Å². The second kappa shape index (κ2) is 4.79. The SMILES string of the molecule is C=CC1([SiH2]OCC)CCCCO1. The lowest BCUT2D eigenvalue weighted by atomic mass is 10.1. The molecule has 1 heterocycles. The summed E-state index contributed by atoms with van der Waals surface area (Å²) in [4.78, 5) is 0. The van der Waals surface area contributed by atoms with Crippen LogP contribution in [0.5, 0.6) is 0 Å². The summed E-state index contributed by atoms with van der Waals surface area (Å²) in [7, 11) is -0.582. The summed E-state index contributed by atoms with van der Waals surface area (Å²) in [5.74, 6) is 0. The fraction of sp³-hybridized carbons (Fsp3) is 0.778. The van der Waals surface area contributed by atoms with Gasteiger partial charge in [-0.05, 0) is 26.2 Å². The van der Waals surface area contributed by atoms with E-state index >= 15 is 0 Å². The number of hydrogen-bond donors (Lipinski definition) is 0. The molecule has 0 aromatic carbocycles. The van der Waals surface area contributed by atoms with Crippen molar-refractivity contribution < 1.29 is 9.16 Å². The van der Waals surface area contributed by atoms with Crippen LogP contribution in [0.3, 0.4) is 0 Å². The Balaban J connectivity index is 2.42. The minimum atomic E-state index is -0.582. The summed E-state index contributed by atoms with van der Waals surface area (Å²) in [6.45, 7) is 7.57. The van der Waals surface area contributed by atoms with Crippen molar-refractivity contribution in [2.45, 2.75) is 31.4 Å². The number of ether oxygens (including phenoxy) is 1. The molecule has 0 amide bonds. The molecule has 0 N–H and O–H groups in total. The normalized spacial score (nSPS) is 31.1. The van der Waals surface area contributed by atoms with Crippen LogP contribution in [0.25, 0.3) is 0 Å². The average molecular weight is 186 g/mol. The highest BCUT2D eigenvalue weighted by Gasteiger charge is 2.30. The Morgan fingerprint density at radius 2 is 2.50 bits per heavy atom. The van der Waals surface area contributed by atoms with Crippen molar-refractivity contribution in [3.63, 3.8) is 0 Å². The summed E-state index contributed by atoms with van der Waals surface area (Å²) in [5.41, 5.74) is 0. The van der Waals surface area contributed by atoms with E-state index in [0.717, 1.165) is 19.6 Å². The molecule has 0 spiro atoms. The molecule has 0 radical (unpaired) electrons. The molecule has 1 fully saturated rings. The van der Waals surface area contributed by atoms with E-state index in [9.17, 15) is 0 Å². The maximum absolute atomic E-state index is 5.74. The highest BCUT2D eigenvalue weighted by Crippen LogP contribution is 2.24. The molecule has 0 bridgehead atoms. The van der Waals surface area contributed by atoms with Gasteiger partial charge in [0.2, 0.25) is 0 Å².